The summed E-state index contributed by atoms with van der Waals surface area (Å²) in [5, 5.41) is 17.3. The lowest BCUT2D eigenvalue weighted by Gasteiger charge is -2.29. The molecule has 0 spiro atoms. The van der Waals surface area contributed by atoms with Crippen molar-refractivity contribution in [1.29, 1.82) is 0 Å². The van der Waals surface area contributed by atoms with Crippen molar-refractivity contribution in [2.45, 2.75) is 31.3 Å². The summed E-state index contributed by atoms with van der Waals surface area (Å²) in [5.41, 5.74) is 0. The summed E-state index contributed by atoms with van der Waals surface area (Å²) in [4.78, 5) is 21.0. The lowest BCUT2D eigenvalue weighted by Crippen LogP contribution is -2.22. The molecule has 0 aromatic rings. The molecule has 0 fully saturated rings. The average molecular weight is 266 g/mol. The fourth-order valence-corrected chi connectivity index (χ4v) is 3.78. The van der Waals surface area contributed by atoms with Gasteiger partial charge >= 0.3 is 11.9 Å². The predicted molar refractivity (Wildman–Crippen MR) is 68.0 cm³/mol. The van der Waals surface area contributed by atoms with Gasteiger partial charge in [0.2, 0.25) is 0 Å². The third-order valence-corrected chi connectivity index (χ3v) is 4.83. The summed E-state index contributed by atoms with van der Waals surface area (Å²) in [6.07, 6.45) is 0.795. The molecular formula is C10H18O4S2. The molecule has 0 heterocycles. The first-order valence-corrected chi connectivity index (χ1v) is 6.94. The highest BCUT2D eigenvalue weighted by Crippen LogP contribution is 2.41. The largest absolute Gasteiger partial charge is 0.481 e. The highest BCUT2D eigenvalue weighted by molar-refractivity contribution is 8.18. The summed E-state index contributed by atoms with van der Waals surface area (Å²) >= 11 is 2.60. The Kier molecular flexibility index (Phi) is 6.90. The Morgan fingerprint density at radius 2 is 1.50 bits per heavy atom. The normalized spacial score (nSPS) is 11.8. The Morgan fingerprint density at radius 1 is 1.12 bits per heavy atom. The van der Waals surface area contributed by atoms with E-state index in [-0.39, 0.29) is 15.6 Å². The molecule has 0 aliphatic carbocycles. The highest BCUT2D eigenvalue weighted by Gasteiger charge is 2.28. The van der Waals surface area contributed by atoms with Gasteiger partial charge < -0.3 is 10.2 Å². The first-order valence-electron chi connectivity index (χ1n) is 4.96. The number of hydrogen-bond acceptors (Lipinski definition) is 4. The van der Waals surface area contributed by atoms with Gasteiger partial charge in [-0.25, -0.2) is 0 Å². The van der Waals surface area contributed by atoms with E-state index in [4.69, 9.17) is 10.2 Å². The number of aliphatic carboxylic acids is 2. The second kappa shape index (κ2) is 7.06. The van der Waals surface area contributed by atoms with Crippen molar-refractivity contribution in [2.75, 3.05) is 11.5 Å². The summed E-state index contributed by atoms with van der Waals surface area (Å²) in [6.45, 7) is 6.00. The Balaban J connectivity index is 4.34. The molecule has 94 valence electrons. The van der Waals surface area contributed by atoms with E-state index >= 15 is 0 Å². The summed E-state index contributed by atoms with van der Waals surface area (Å²) in [6, 6.07) is 0. The average Bonchev–Trinajstić information content (AvgIpc) is 2.11. The molecule has 0 amide bonds. The van der Waals surface area contributed by atoms with Gasteiger partial charge in [-0.3, -0.25) is 9.59 Å². The molecule has 0 aliphatic heterocycles. The molecule has 0 radical (unpaired) electrons. The molecule has 0 atom stereocenters. The van der Waals surface area contributed by atoms with Crippen molar-refractivity contribution in [1.82, 2.24) is 0 Å². The topological polar surface area (TPSA) is 74.6 Å². The van der Waals surface area contributed by atoms with E-state index in [1.54, 1.807) is 0 Å². The van der Waals surface area contributed by atoms with Gasteiger partial charge in [-0.05, 0) is 19.3 Å². The minimum Gasteiger partial charge on any atom is -0.481 e. The van der Waals surface area contributed by atoms with Crippen LogP contribution in [0.4, 0.5) is 0 Å². The Bertz CT molecular complexity index is 235. The summed E-state index contributed by atoms with van der Waals surface area (Å²) in [7, 11) is 0. The quantitative estimate of drug-likeness (QED) is 0.657. The Labute approximate surface area is 104 Å². The van der Waals surface area contributed by atoms with Crippen LogP contribution in [0.1, 0.15) is 27.2 Å². The predicted octanol–water partition coefficient (Wildman–Crippen LogP) is 2.38. The fraction of sp³-hybridized carbons (Fsp3) is 0.800. The first-order chi connectivity index (χ1) is 7.25. The molecule has 0 aromatic carbocycles. The van der Waals surface area contributed by atoms with Crippen LogP contribution in [0, 0.1) is 5.92 Å². The van der Waals surface area contributed by atoms with Crippen molar-refractivity contribution in [3.05, 3.63) is 0 Å². The third-order valence-electron chi connectivity index (χ3n) is 1.78. The molecule has 0 bridgehead atoms. The zero-order valence-electron chi connectivity index (χ0n) is 9.73. The minimum absolute atomic E-state index is 0.00976. The van der Waals surface area contributed by atoms with E-state index in [1.165, 1.54) is 23.5 Å². The molecular weight excluding hydrogens is 248 g/mol. The van der Waals surface area contributed by atoms with Crippen LogP contribution in [0.5, 0.6) is 0 Å². The van der Waals surface area contributed by atoms with Gasteiger partial charge in [0.1, 0.15) is 0 Å². The zero-order chi connectivity index (χ0) is 12.8. The second-order valence-corrected chi connectivity index (χ2v) is 7.31. The van der Waals surface area contributed by atoms with Crippen LogP contribution >= 0.6 is 23.5 Å². The Morgan fingerprint density at radius 3 is 1.75 bits per heavy atom. The lowest BCUT2D eigenvalue weighted by atomic mass is 10.1. The van der Waals surface area contributed by atoms with Gasteiger partial charge in [0, 0.05) is 0 Å². The number of carboxylic acids is 2. The zero-order valence-corrected chi connectivity index (χ0v) is 11.4. The van der Waals surface area contributed by atoms with Gasteiger partial charge in [0.05, 0.1) is 15.6 Å². The number of thioether (sulfide) groups is 2. The molecule has 0 aliphatic rings. The highest BCUT2D eigenvalue weighted by atomic mass is 32.2. The molecule has 2 N–H and O–H groups in total. The summed E-state index contributed by atoms with van der Waals surface area (Å²) < 4.78 is -0.342. The third kappa shape index (κ3) is 7.87. The van der Waals surface area contributed by atoms with Gasteiger partial charge in [0.15, 0.2) is 0 Å². The van der Waals surface area contributed by atoms with Crippen LogP contribution in [0.3, 0.4) is 0 Å². The van der Waals surface area contributed by atoms with Crippen molar-refractivity contribution < 1.29 is 19.8 Å². The van der Waals surface area contributed by atoms with E-state index in [1.807, 2.05) is 20.8 Å². The molecule has 0 rings (SSSR count). The Hall–Kier alpha value is -0.360. The molecule has 0 unspecified atom stereocenters. The van der Waals surface area contributed by atoms with E-state index in [9.17, 15) is 9.59 Å². The monoisotopic (exact) mass is 266 g/mol. The van der Waals surface area contributed by atoms with Gasteiger partial charge in [-0.2, -0.15) is 0 Å². The van der Waals surface area contributed by atoms with Crippen molar-refractivity contribution in [3.63, 3.8) is 0 Å². The van der Waals surface area contributed by atoms with Gasteiger partial charge in [0.25, 0.3) is 0 Å². The van der Waals surface area contributed by atoms with Crippen LogP contribution in [0.2, 0.25) is 0 Å². The van der Waals surface area contributed by atoms with Crippen LogP contribution in [-0.2, 0) is 9.59 Å². The van der Waals surface area contributed by atoms with Crippen molar-refractivity contribution >= 4 is 35.5 Å². The van der Waals surface area contributed by atoms with Crippen LogP contribution < -0.4 is 0 Å². The fourth-order valence-electron chi connectivity index (χ4n) is 1.33. The second-order valence-electron chi connectivity index (χ2n) is 4.10. The summed E-state index contributed by atoms with van der Waals surface area (Å²) in [5.74, 6) is -1.30. The molecule has 0 aromatic heterocycles. The van der Waals surface area contributed by atoms with Crippen LogP contribution in [-0.4, -0.2) is 37.7 Å². The van der Waals surface area contributed by atoms with Crippen LogP contribution in [0.25, 0.3) is 0 Å². The molecule has 16 heavy (non-hydrogen) atoms. The van der Waals surface area contributed by atoms with Gasteiger partial charge in [-0.1, -0.05) is 13.8 Å². The molecule has 6 heteroatoms. The first kappa shape index (κ1) is 15.6. The van der Waals surface area contributed by atoms with Gasteiger partial charge in [-0.15, -0.1) is 23.5 Å². The SMILES string of the molecule is CC(C)CC(C)(SCC(=O)O)SCC(=O)O. The standard InChI is InChI=1S/C10H18O4S2/c1-7(2)4-10(3,15-5-8(11)12)16-6-9(13)14/h7H,4-6H2,1-3H3,(H,11,12)(H,13,14). The number of carboxylic acid groups (broad SMARTS) is 2. The molecule has 0 saturated carbocycles. The maximum Gasteiger partial charge on any atom is 0.313 e. The lowest BCUT2D eigenvalue weighted by molar-refractivity contribution is -0.134. The number of hydrogen-bond donors (Lipinski definition) is 2. The van der Waals surface area contributed by atoms with Crippen molar-refractivity contribution in [3.8, 4) is 0 Å². The molecule has 4 nitrogen and oxygen atoms in total. The number of rotatable bonds is 8. The van der Waals surface area contributed by atoms with E-state index in [2.05, 4.69) is 0 Å². The van der Waals surface area contributed by atoms with E-state index in [0.29, 0.717) is 5.92 Å². The van der Waals surface area contributed by atoms with Crippen LogP contribution in [0.15, 0.2) is 0 Å². The van der Waals surface area contributed by atoms with E-state index in [0.717, 1.165) is 6.42 Å². The number of carbonyl (C=O) groups is 2. The maximum atomic E-state index is 10.5. The maximum absolute atomic E-state index is 10.5. The van der Waals surface area contributed by atoms with Crippen molar-refractivity contribution in [2.24, 2.45) is 5.92 Å². The minimum atomic E-state index is -0.865. The smallest absolute Gasteiger partial charge is 0.313 e. The molecule has 0 saturated heterocycles. The van der Waals surface area contributed by atoms with E-state index < -0.39 is 11.9 Å².